The van der Waals surface area contributed by atoms with Crippen molar-refractivity contribution in [3.63, 3.8) is 0 Å². The Morgan fingerprint density at radius 3 is 2.82 bits per heavy atom. The first kappa shape index (κ1) is 6.79. The lowest BCUT2D eigenvalue weighted by atomic mass is 10.1. The molecule has 2 N–H and O–H groups in total. The largest absolute Gasteiger partial charge is 0.481 e. The second kappa shape index (κ2) is 1.82. The molecule has 3 unspecified atom stereocenters. The first-order valence-electron chi connectivity index (χ1n) is 3.63. The van der Waals surface area contributed by atoms with Crippen LogP contribution in [0.3, 0.4) is 0 Å². The molecule has 11 heavy (non-hydrogen) atoms. The van der Waals surface area contributed by atoms with Crippen LogP contribution in [0.1, 0.15) is 0 Å². The van der Waals surface area contributed by atoms with Crippen molar-refractivity contribution >= 4 is 12.3 Å². The Labute approximate surface area is 63.6 Å². The number of carbonyl (C=O) groups is 2. The van der Waals surface area contributed by atoms with E-state index in [9.17, 15) is 9.59 Å². The van der Waals surface area contributed by atoms with Gasteiger partial charge in [0.2, 0.25) is 0 Å². The molecular weight excluding hydrogens is 146 g/mol. The van der Waals surface area contributed by atoms with E-state index in [0.717, 1.165) is 6.29 Å². The highest BCUT2D eigenvalue weighted by Crippen LogP contribution is 2.59. The standard InChI is InChI=1S/C7H9NO3/c9-2-5-4-1-8-3-7(4,5)6(10)11/h2,4-5,8H,1,3H2,(H,10,11). The average molecular weight is 155 g/mol. The summed E-state index contributed by atoms with van der Waals surface area (Å²) in [5.74, 6) is -1.01. The van der Waals surface area contributed by atoms with Gasteiger partial charge in [-0.1, -0.05) is 0 Å². The third kappa shape index (κ3) is 0.581. The quantitative estimate of drug-likeness (QED) is 0.507. The molecule has 1 aliphatic heterocycles. The zero-order chi connectivity index (χ0) is 8.06. The van der Waals surface area contributed by atoms with Crippen molar-refractivity contribution in [2.24, 2.45) is 17.3 Å². The summed E-state index contributed by atoms with van der Waals surface area (Å²) >= 11 is 0. The van der Waals surface area contributed by atoms with Crippen molar-refractivity contribution in [2.45, 2.75) is 0 Å². The molecular formula is C7H9NO3. The van der Waals surface area contributed by atoms with Crippen LogP contribution in [-0.4, -0.2) is 30.5 Å². The molecule has 0 radical (unpaired) electrons. The molecule has 0 spiro atoms. The lowest BCUT2D eigenvalue weighted by Crippen LogP contribution is -2.27. The second-order valence-electron chi connectivity index (χ2n) is 3.24. The third-order valence-electron chi connectivity index (χ3n) is 2.91. The Morgan fingerprint density at radius 2 is 2.45 bits per heavy atom. The zero-order valence-corrected chi connectivity index (χ0v) is 5.91. The molecule has 0 aromatic carbocycles. The molecule has 60 valence electrons. The lowest BCUT2D eigenvalue weighted by Gasteiger charge is -2.04. The smallest absolute Gasteiger partial charge is 0.312 e. The maximum atomic E-state index is 10.7. The minimum absolute atomic E-state index is 0.0532. The van der Waals surface area contributed by atoms with Crippen LogP contribution in [0.2, 0.25) is 0 Å². The summed E-state index contributed by atoms with van der Waals surface area (Å²) in [4.78, 5) is 21.1. The third-order valence-corrected chi connectivity index (χ3v) is 2.91. The van der Waals surface area contributed by atoms with Gasteiger partial charge in [-0.2, -0.15) is 0 Å². The summed E-state index contributed by atoms with van der Waals surface area (Å²) in [5.41, 5.74) is -0.734. The molecule has 4 heteroatoms. The maximum absolute atomic E-state index is 10.7. The molecule has 4 nitrogen and oxygen atoms in total. The molecule has 2 fully saturated rings. The highest BCUT2D eigenvalue weighted by molar-refractivity contribution is 5.87. The van der Waals surface area contributed by atoms with Crippen LogP contribution in [0, 0.1) is 17.3 Å². The highest BCUT2D eigenvalue weighted by atomic mass is 16.4. The Balaban J connectivity index is 2.25. The number of aldehydes is 1. The predicted octanol–water partition coefficient (Wildman–Crippen LogP) is -0.895. The van der Waals surface area contributed by atoms with E-state index < -0.39 is 11.4 Å². The molecule has 0 bridgehead atoms. The number of fused-ring (bicyclic) bond motifs is 1. The Bertz CT molecular complexity index is 228. The minimum atomic E-state index is -0.829. The number of carboxylic acid groups (broad SMARTS) is 1. The number of aliphatic carboxylic acids is 1. The number of rotatable bonds is 2. The molecule has 0 aromatic rings. The molecule has 2 rings (SSSR count). The van der Waals surface area contributed by atoms with Crippen LogP contribution in [0.15, 0.2) is 0 Å². The zero-order valence-electron chi connectivity index (χ0n) is 5.91. The highest BCUT2D eigenvalue weighted by Gasteiger charge is 2.72. The molecule has 1 heterocycles. The first-order valence-corrected chi connectivity index (χ1v) is 3.63. The van der Waals surface area contributed by atoms with Crippen molar-refractivity contribution < 1.29 is 14.7 Å². The van der Waals surface area contributed by atoms with Gasteiger partial charge >= 0.3 is 5.97 Å². The van der Waals surface area contributed by atoms with Crippen LogP contribution < -0.4 is 5.32 Å². The summed E-state index contributed by atoms with van der Waals surface area (Å²) in [6.07, 6.45) is 0.777. The molecule has 3 atom stereocenters. The van der Waals surface area contributed by atoms with E-state index in [-0.39, 0.29) is 11.8 Å². The first-order chi connectivity index (χ1) is 5.23. The SMILES string of the molecule is O=CC1C2CNCC12C(=O)O. The number of carboxylic acids is 1. The van der Waals surface area contributed by atoms with E-state index >= 15 is 0 Å². The summed E-state index contributed by atoms with van der Waals surface area (Å²) in [6.45, 7) is 1.13. The van der Waals surface area contributed by atoms with Crippen molar-refractivity contribution in [1.82, 2.24) is 5.32 Å². The fourth-order valence-corrected chi connectivity index (χ4v) is 2.14. The van der Waals surface area contributed by atoms with E-state index in [2.05, 4.69) is 5.32 Å². The summed E-state index contributed by atoms with van der Waals surface area (Å²) in [7, 11) is 0. The Hall–Kier alpha value is -0.900. The summed E-state index contributed by atoms with van der Waals surface area (Å²) < 4.78 is 0. The van der Waals surface area contributed by atoms with Crippen LogP contribution in [-0.2, 0) is 9.59 Å². The number of carbonyl (C=O) groups excluding carboxylic acids is 1. The summed E-state index contributed by atoms with van der Waals surface area (Å²) in [6, 6.07) is 0. The van der Waals surface area contributed by atoms with E-state index in [1.165, 1.54) is 0 Å². The number of hydrogen-bond donors (Lipinski definition) is 2. The van der Waals surface area contributed by atoms with Crippen LogP contribution in [0.5, 0.6) is 0 Å². The second-order valence-corrected chi connectivity index (χ2v) is 3.24. The van der Waals surface area contributed by atoms with Gasteiger partial charge in [0.25, 0.3) is 0 Å². The van der Waals surface area contributed by atoms with Gasteiger partial charge in [0.1, 0.15) is 6.29 Å². The van der Waals surface area contributed by atoms with Gasteiger partial charge in [0.05, 0.1) is 5.41 Å². The van der Waals surface area contributed by atoms with Gasteiger partial charge in [-0.05, 0) is 12.5 Å². The normalized spacial score (nSPS) is 46.5. The Morgan fingerprint density at radius 1 is 1.73 bits per heavy atom. The van der Waals surface area contributed by atoms with Crippen molar-refractivity contribution in [3.05, 3.63) is 0 Å². The Kier molecular flexibility index (Phi) is 1.12. The predicted molar refractivity (Wildman–Crippen MR) is 36.0 cm³/mol. The van der Waals surface area contributed by atoms with Gasteiger partial charge in [-0.15, -0.1) is 0 Å². The maximum Gasteiger partial charge on any atom is 0.312 e. The summed E-state index contributed by atoms with van der Waals surface area (Å²) in [5, 5.41) is 11.8. The lowest BCUT2D eigenvalue weighted by molar-refractivity contribution is -0.144. The van der Waals surface area contributed by atoms with Gasteiger partial charge in [0, 0.05) is 12.5 Å². The van der Waals surface area contributed by atoms with Crippen molar-refractivity contribution in [1.29, 1.82) is 0 Å². The van der Waals surface area contributed by atoms with Crippen LogP contribution in [0.4, 0.5) is 0 Å². The fourth-order valence-electron chi connectivity index (χ4n) is 2.14. The van der Waals surface area contributed by atoms with E-state index in [4.69, 9.17) is 5.11 Å². The van der Waals surface area contributed by atoms with E-state index in [0.29, 0.717) is 13.1 Å². The monoisotopic (exact) mass is 155 g/mol. The van der Waals surface area contributed by atoms with Gasteiger partial charge in [-0.25, -0.2) is 0 Å². The van der Waals surface area contributed by atoms with Crippen LogP contribution in [0.25, 0.3) is 0 Å². The van der Waals surface area contributed by atoms with Crippen molar-refractivity contribution in [3.8, 4) is 0 Å². The van der Waals surface area contributed by atoms with Gasteiger partial charge in [-0.3, -0.25) is 4.79 Å². The van der Waals surface area contributed by atoms with E-state index in [1.54, 1.807) is 0 Å². The molecule has 1 saturated heterocycles. The topological polar surface area (TPSA) is 66.4 Å². The number of piperidine rings is 1. The minimum Gasteiger partial charge on any atom is -0.481 e. The van der Waals surface area contributed by atoms with E-state index in [1.807, 2.05) is 0 Å². The van der Waals surface area contributed by atoms with Crippen LogP contribution >= 0.6 is 0 Å². The van der Waals surface area contributed by atoms with Gasteiger partial charge in [0.15, 0.2) is 0 Å². The number of hydrogen-bond acceptors (Lipinski definition) is 3. The fraction of sp³-hybridized carbons (Fsp3) is 0.714. The van der Waals surface area contributed by atoms with Gasteiger partial charge < -0.3 is 15.2 Å². The average Bonchev–Trinajstić information content (AvgIpc) is 2.38. The molecule has 2 aliphatic rings. The number of nitrogens with one attached hydrogen (secondary N) is 1. The molecule has 1 aliphatic carbocycles. The molecule has 1 saturated carbocycles. The molecule has 0 amide bonds. The molecule has 0 aromatic heterocycles. The van der Waals surface area contributed by atoms with Crippen molar-refractivity contribution in [2.75, 3.05) is 13.1 Å².